The lowest BCUT2D eigenvalue weighted by molar-refractivity contribution is -0.141. The summed E-state index contributed by atoms with van der Waals surface area (Å²) in [6, 6.07) is 0.258. The van der Waals surface area contributed by atoms with Crippen molar-refractivity contribution < 1.29 is 14.3 Å². The maximum Gasteiger partial charge on any atom is 0.302 e. The third-order valence-corrected chi connectivity index (χ3v) is 2.51. The summed E-state index contributed by atoms with van der Waals surface area (Å²) in [5.41, 5.74) is 0. The minimum Gasteiger partial charge on any atom is -0.466 e. The molecule has 0 aliphatic carbocycles. The highest BCUT2D eigenvalue weighted by atomic mass is 16.5. The van der Waals surface area contributed by atoms with E-state index in [9.17, 15) is 9.59 Å². The fourth-order valence-corrected chi connectivity index (χ4v) is 1.24. The Bertz CT molecular complexity index is 226. The van der Waals surface area contributed by atoms with Gasteiger partial charge in [-0.25, -0.2) is 0 Å². The molecule has 0 atom stereocenters. The first kappa shape index (κ1) is 14.9. The molecule has 0 fully saturated rings. The summed E-state index contributed by atoms with van der Waals surface area (Å²) >= 11 is 0. The van der Waals surface area contributed by atoms with Crippen LogP contribution in [0.4, 0.5) is 0 Å². The van der Waals surface area contributed by atoms with E-state index in [-0.39, 0.29) is 17.9 Å². The second-order valence-corrected chi connectivity index (χ2v) is 4.25. The quantitative estimate of drug-likeness (QED) is 0.495. The van der Waals surface area contributed by atoms with Gasteiger partial charge in [0.2, 0.25) is 5.91 Å². The van der Waals surface area contributed by atoms with Crippen LogP contribution in [0.2, 0.25) is 0 Å². The monoisotopic (exact) mass is 229 g/mol. The number of carbonyl (C=O) groups is 2. The van der Waals surface area contributed by atoms with E-state index >= 15 is 0 Å². The fraction of sp³-hybridized carbons (Fsp3) is 0.833. The van der Waals surface area contributed by atoms with E-state index in [1.165, 1.54) is 6.92 Å². The van der Waals surface area contributed by atoms with Crippen LogP contribution >= 0.6 is 0 Å². The van der Waals surface area contributed by atoms with Crippen molar-refractivity contribution in [1.82, 2.24) is 4.90 Å². The molecule has 0 aliphatic rings. The smallest absolute Gasteiger partial charge is 0.302 e. The molecule has 0 aromatic rings. The molecule has 0 aliphatic heterocycles. The van der Waals surface area contributed by atoms with Crippen LogP contribution in [0.1, 0.15) is 46.5 Å². The van der Waals surface area contributed by atoms with Crippen LogP contribution < -0.4 is 0 Å². The van der Waals surface area contributed by atoms with Crippen LogP contribution in [0.5, 0.6) is 0 Å². The van der Waals surface area contributed by atoms with E-state index in [2.05, 4.69) is 0 Å². The zero-order valence-corrected chi connectivity index (χ0v) is 10.8. The summed E-state index contributed by atoms with van der Waals surface area (Å²) < 4.78 is 4.80. The average molecular weight is 229 g/mol. The van der Waals surface area contributed by atoms with Crippen LogP contribution in [-0.2, 0) is 14.3 Å². The van der Waals surface area contributed by atoms with Gasteiger partial charge in [0.1, 0.15) is 0 Å². The van der Waals surface area contributed by atoms with E-state index in [4.69, 9.17) is 4.74 Å². The SMILES string of the molecule is CC(=O)OCCCCCC(=O)N(C)C(C)C. The van der Waals surface area contributed by atoms with Crippen molar-refractivity contribution in [1.29, 1.82) is 0 Å². The van der Waals surface area contributed by atoms with Crippen LogP contribution in [0, 0.1) is 0 Å². The van der Waals surface area contributed by atoms with E-state index < -0.39 is 0 Å². The van der Waals surface area contributed by atoms with Crippen LogP contribution in [0.15, 0.2) is 0 Å². The number of amides is 1. The van der Waals surface area contributed by atoms with Crippen molar-refractivity contribution in [3.63, 3.8) is 0 Å². The van der Waals surface area contributed by atoms with Gasteiger partial charge in [0.25, 0.3) is 0 Å². The fourth-order valence-electron chi connectivity index (χ4n) is 1.24. The molecule has 0 heterocycles. The van der Waals surface area contributed by atoms with Gasteiger partial charge in [-0.2, -0.15) is 0 Å². The topological polar surface area (TPSA) is 46.6 Å². The van der Waals surface area contributed by atoms with Crippen molar-refractivity contribution in [2.24, 2.45) is 0 Å². The number of esters is 1. The van der Waals surface area contributed by atoms with E-state index in [0.29, 0.717) is 13.0 Å². The van der Waals surface area contributed by atoms with Crippen LogP contribution in [-0.4, -0.2) is 36.5 Å². The Kier molecular flexibility index (Phi) is 7.60. The Hall–Kier alpha value is -1.06. The Morgan fingerprint density at radius 2 is 1.81 bits per heavy atom. The second-order valence-electron chi connectivity index (χ2n) is 4.25. The zero-order chi connectivity index (χ0) is 12.6. The third kappa shape index (κ3) is 7.26. The Labute approximate surface area is 98.0 Å². The summed E-state index contributed by atoms with van der Waals surface area (Å²) in [5.74, 6) is -0.0573. The number of ether oxygens (including phenoxy) is 1. The molecule has 0 radical (unpaired) electrons. The van der Waals surface area contributed by atoms with Gasteiger partial charge in [-0.3, -0.25) is 9.59 Å². The Morgan fingerprint density at radius 1 is 1.19 bits per heavy atom. The molecule has 0 saturated heterocycles. The molecule has 0 spiro atoms. The van der Waals surface area contributed by atoms with Gasteiger partial charge in [-0.15, -0.1) is 0 Å². The third-order valence-electron chi connectivity index (χ3n) is 2.51. The van der Waals surface area contributed by atoms with Crippen molar-refractivity contribution >= 4 is 11.9 Å². The average Bonchev–Trinajstić information content (AvgIpc) is 2.21. The summed E-state index contributed by atoms with van der Waals surface area (Å²) in [4.78, 5) is 23.8. The zero-order valence-electron chi connectivity index (χ0n) is 10.8. The molecule has 0 rings (SSSR count). The molecule has 0 bridgehead atoms. The molecule has 0 aromatic carbocycles. The Morgan fingerprint density at radius 3 is 2.31 bits per heavy atom. The highest BCUT2D eigenvalue weighted by Gasteiger charge is 2.10. The van der Waals surface area contributed by atoms with Crippen molar-refractivity contribution in [2.75, 3.05) is 13.7 Å². The highest BCUT2D eigenvalue weighted by Crippen LogP contribution is 2.05. The van der Waals surface area contributed by atoms with Crippen LogP contribution in [0.3, 0.4) is 0 Å². The van der Waals surface area contributed by atoms with E-state index in [1.54, 1.807) is 4.90 Å². The molecule has 0 saturated carbocycles. The van der Waals surface area contributed by atoms with E-state index in [0.717, 1.165) is 19.3 Å². The van der Waals surface area contributed by atoms with Gasteiger partial charge in [0.05, 0.1) is 6.61 Å². The molecule has 0 aromatic heterocycles. The molecule has 0 unspecified atom stereocenters. The maximum absolute atomic E-state index is 11.6. The molecule has 4 heteroatoms. The first-order valence-electron chi connectivity index (χ1n) is 5.84. The standard InChI is InChI=1S/C12H23NO3/c1-10(2)13(4)12(15)8-6-5-7-9-16-11(3)14/h10H,5-9H2,1-4H3. The normalized spacial score (nSPS) is 10.3. The van der Waals surface area contributed by atoms with Gasteiger partial charge in [0, 0.05) is 26.4 Å². The van der Waals surface area contributed by atoms with Crippen molar-refractivity contribution in [3.8, 4) is 0 Å². The predicted molar refractivity (Wildman–Crippen MR) is 63.0 cm³/mol. The minimum absolute atomic E-state index is 0.183. The molecule has 0 N–H and O–H groups in total. The lowest BCUT2D eigenvalue weighted by Crippen LogP contribution is -2.32. The van der Waals surface area contributed by atoms with Gasteiger partial charge < -0.3 is 9.64 Å². The number of hydrogen-bond acceptors (Lipinski definition) is 3. The molecule has 94 valence electrons. The number of unbranched alkanes of at least 4 members (excludes halogenated alkanes) is 2. The summed E-state index contributed by atoms with van der Waals surface area (Å²) in [6.07, 6.45) is 3.19. The summed E-state index contributed by atoms with van der Waals surface area (Å²) in [7, 11) is 1.83. The summed E-state index contributed by atoms with van der Waals surface area (Å²) in [6.45, 7) is 5.86. The molecular formula is C12H23NO3. The highest BCUT2D eigenvalue weighted by molar-refractivity contribution is 5.76. The first-order valence-corrected chi connectivity index (χ1v) is 5.84. The summed E-state index contributed by atoms with van der Waals surface area (Å²) in [5, 5.41) is 0. The predicted octanol–water partition coefficient (Wildman–Crippen LogP) is 1.98. The molecule has 16 heavy (non-hydrogen) atoms. The largest absolute Gasteiger partial charge is 0.466 e. The van der Waals surface area contributed by atoms with Crippen molar-refractivity contribution in [2.45, 2.75) is 52.5 Å². The molecule has 1 amide bonds. The molecular weight excluding hydrogens is 206 g/mol. The second kappa shape index (κ2) is 8.13. The maximum atomic E-state index is 11.6. The van der Waals surface area contributed by atoms with Crippen molar-refractivity contribution in [3.05, 3.63) is 0 Å². The van der Waals surface area contributed by atoms with Gasteiger partial charge in [-0.1, -0.05) is 0 Å². The number of carbonyl (C=O) groups excluding carboxylic acids is 2. The number of rotatable bonds is 7. The lowest BCUT2D eigenvalue weighted by Gasteiger charge is -2.21. The lowest BCUT2D eigenvalue weighted by atomic mass is 10.2. The first-order chi connectivity index (χ1) is 7.45. The molecule has 4 nitrogen and oxygen atoms in total. The number of nitrogens with zero attached hydrogens (tertiary/aromatic N) is 1. The Balaban J connectivity index is 3.45. The van der Waals surface area contributed by atoms with Gasteiger partial charge >= 0.3 is 5.97 Å². The van der Waals surface area contributed by atoms with E-state index in [1.807, 2.05) is 20.9 Å². The van der Waals surface area contributed by atoms with Crippen LogP contribution in [0.25, 0.3) is 0 Å². The minimum atomic E-state index is -0.240. The van der Waals surface area contributed by atoms with Gasteiger partial charge in [0.15, 0.2) is 0 Å². The number of hydrogen-bond donors (Lipinski definition) is 0. The van der Waals surface area contributed by atoms with Gasteiger partial charge in [-0.05, 0) is 33.1 Å².